The summed E-state index contributed by atoms with van der Waals surface area (Å²) in [4.78, 5) is 0. The fraction of sp³-hybridized carbons (Fsp3) is 1.00. The molecule has 0 spiro atoms. The van der Waals surface area contributed by atoms with E-state index in [1.54, 1.807) is 6.92 Å². The van der Waals surface area contributed by atoms with Crippen LogP contribution >= 0.6 is 28.5 Å². The Morgan fingerprint density at radius 3 is 2.27 bits per heavy atom. The van der Waals surface area contributed by atoms with Crippen LogP contribution in [0.3, 0.4) is 0 Å². The Hall–Kier alpha value is 0.830. The average molecular weight is 217 g/mol. The second-order valence-corrected chi connectivity index (χ2v) is 9.51. The lowest BCUT2D eigenvalue weighted by Crippen LogP contribution is -2.06. The number of halogens is 1. The molecule has 0 aromatic rings. The molecule has 1 unspecified atom stereocenters. The summed E-state index contributed by atoms with van der Waals surface area (Å²) in [5.41, 5.74) is 0. The summed E-state index contributed by atoms with van der Waals surface area (Å²) in [5.74, 6) is -2.93. The highest BCUT2D eigenvalue weighted by Crippen LogP contribution is 2.68. The van der Waals surface area contributed by atoms with Crippen molar-refractivity contribution in [1.29, 1.82) is 0 Å². The molecule has 5 heteroatoms. The Morgan fingerprint density at radius 2 is 2.00 bits per heavy atom. The van der Waals surface area contributed by atoms with Gasteiger partial charge in [-0.1, -0.05) is 20.8 Å². The van der Waals surface area contributed by atoms with Crippen LogP contribution in [0.15, 0.2) is 0 Å². The van der Waals surface area contributed by atoms with Crippen molar-refractivity contribution < 1.29 is 9.09 Å². The topological polar surface area (TPSA) is 26.3 Å². The van der Waals surface area contributed by atoms with E-state index in [1.807, 2.05) is 20.8 Å². The standard InChI is InChI=1S/C6H14ClO2PS/c1-5-9-10(7,8)11-6(2,3)4/h5H2,1-4H3. The molecule has 0 aliphatic rings. The van der Waals surface area contributed by atoms with Crippen molar-refractivity contribution in [3.63, 3.8) is 0 Å². The van der Waals surface area contributed by atoms with E-state index in [1.165, 1.54) is 11.4 Å². The molecule has 68 valence electrons. The summed E-state index contributed by atoms with van der Waals surface area (Å²) < 4.78 is 16.1. The van der Waals surface area contributed by atoms with Gasteiger partial charge in [0.2, 0.25) is 0 Å². The third-order valence-corrected chi connectivity index (χ3v) is 5.53. The lowest BCUT2D eigenvalue weighted by atomic mass is 10.3. The Labute approximate surface area is 77.0 Å². The zero-order valence-electron chi connectivity index (χ0n) is 7.26. The molecule has 11 heavy (non-hydrogen) atoms. The smallest absolute Gasteiger partial charge is 0.310 e. The quantitative estimate of drug-likeness (QED) is 0.670. The third kappa shape index (κ3) is 7.20. The molecule has 0 bridgehead atoms. The Morgan fingerprint density at radius 1 is 1.55 bits per heavy atom. The van der Waals surface area contributed by atoms with Crippen molar-refractivity contribution in [3.05, 3.63) is 0 Å². The van der Waals surface area contributed by atoms with E-state index in [0.717, 1.165) is 0 Å². The highest BCUT2D eigenvalue weighted by Gasteiger charge is 2.27. The normalized spacial score (nSPS) is 17.9. The molecule has 0 heterocycles. The highest BCUT2D eigenvalue weighted by atomic mass is 35.7. The van der Waals surface area contributed by atoms with Crippen molar-refractivity contribution in [2.75, 3.05) is 6.61 Å². The van der Waals surface area contributed by atoms with Crippen LogP contribution in [0.5, 0.6) is 0 Å². The molecule has 0 radical (unpaired) electrons. The van der Waals surface area contributed by atoms with Gasteiger partial charge in [-0.25, -0.2) is 0 Å². The van der Waals surface area contributed by atoms with E-state index in [0.29, 0.717) is 6.61 Å². The van der Waals surface area contributed by atoms with Gasteiger partial charge in [0, 0.05) is 4.75 Å². The molecule has 2 nitrogen and oxygen atoms in total. The van der Waals surface area contributed by atoms with Gasteiger partial charge in [-0.2, -0.15) is 0 Å². The van der Waals surface area contributed by atoms with Gasteiger partial charge in [0.05, 0.1) is 6.61 Å². The Kier molecular flexibility index (Phi) is 4.49. The van der Waals surface area contributed by atoms with E-state index in [2.05, 4.69) is 0 Å². The first-order valence-corrected chi connectivity index (χ1v) is 7.37. The third-order valence-electron chi connectivity index (χ3n) is 0.666. The van der Waals surface area contributed by atoms with Crippen molar-refractivity contribution in [2.45, 2.75) is 32.4 Å². The summed E-state index contributed by atoms with van der Waals surface area (Å²) in [6.07, 6.45) is 0. The van der Waals surface area contributed by atoms with Crippen molar-refractivity contribution in [2.24, 2.45) is 0 Å². The molecule has 0 aromatic heterocycles. The number of hydrogen-bond acceptors (Lipinski definition) is 3. The summed E-state index contributed by atoms with van der Waals surface area (Å²) in [6, 6.07) is 0. The van der Waals surface area contributed by atoms with Gasteiger partial charge < -0.3 is 4.52 Å². The van der Waals surface area contributed by atoms with Crippen LogP contribution in [-0.4, -0.2) is 11.4 Å². The molecule has 0 fully saturated rings. The van der Waals surface area contributed by atoms with Crippen LogP contribution in [0.2, 0.25) is 0 Å². The van der Waals surface area contributed by atoms with E-state index >= 15 is 0 Å². The minimum absolute atomic E-state index is 0.119. The van der Waals surface area contributed by atoms with Gasteiger partial charge in [0.1, 0.15) is 0 Å². The summed E-state index contributed by atoms with van der Waals surface area (Å²) in [6.45, 7) is 8.02. The molecule has 0 N–H and O–H groups in total. The first kappa shape index (κ1) is 11.8. The number of hydrogen-bond donors (Lipinski definition) is 0. The lowest BCUT2D eigenvalue weighted by Gasteiger charge is -2.20. The maximum Gasteiger partial charge on any atom is 0.346 e. The van der Waals surface area contributed by atoms with Gasteiger partial charge >= 0.3 is 5.92 Å². The highest BCUT2D eigenvalue weighted by molar-refractivity contribution is 8.64. The minimum atomic E-state index is -2.93. The maximum absolute atomic E-state index is 11.3. The average Bonchev–Trinajstić information content (AvgIpc) is 1.55. The van der Waals surface area contributed by atoms with Crippen LogP contribution < -0.4 is 0 Å². The zero-order chi connectivity index (χ0) is 9.12. The fourth-order valence-electron chi connectivity index (χ4n) is 0.508. The zero-order valence-corrected chi connectivity index (χ0v) is 9.72. The lowest BCUT2D eigenvalue weighted by molar-refractivity contribution is 0.356. The molecule has 0 amide bonds. The molecule has 1 atom stereocenters. The number of rotatable bonds is 3. The largest absolute Gasteiger partial charge is 0.346 e. The molecule has 0 saturated carbocycles. The molecular formula is C6H14ClO2PS. The first-order valence-electron chi connectivity index (χ1n) is 3.42. The summed E-state index contributed by atoms with van der Waals surface area (Å²) in [5, 5.41) is 0. The van der Waals surface area contributed by atoms with Gasteiger partial charge in [0.15, 0.2) is 0 Å². The van der Waals surface area contributed by atoms with Gasteiger partial charge in [-0.3, -0.25) is 4.57 Å². The molecular weight excluding hydrogens is 203 g/mol. The predicted octanol–water partition coefficient (Wildman–Crippen LogP) is 3.90. The second kappa shape index (κ2) is 4.18. The first-order chi connectivity index (χ1) is 4.77. The SMILES string of the molecule is CCOP(=O)(Cl)SC(C)(C)C. The Balaban J connectivity index is 4.03. The minimum Gasteiger partial charge on any atom is -0.310 e. The predicted molar refractivity (Wildman–Crippen MR) is 52.4 cm³/mol. The van der Waals surface area contributed by atoms with E-state index in [4.69, 9.17) is 15.8 Å². The van der Waals surface area contributed by atoms with Crippen LogP contribution in [0.25, 0.3) is 0 Å². The van der Waals surface area contributed by atoms with E-state index in [-0.39, 0.29) is 4.75 Å². The summed E-state index contributed by atoms with van der Waals surface area (Å²) in [7, 11) is 0. The van der Waals surface area contributed by atoms with Crippen molar-refractivity contribution in [1.82, 2.24) is 0 Å². The second-order valence-electron chi connectivity index (χ2n) is 3.05. The van der Waals surface area contributed by atoms with E-state index in [9.17, 15) is 4.57 Å². The summed E-state index contributed by atoms with van der Waals surface area (Å²) >= 11 is 6.80. The molecule has 0 aromatic carbocycles. The van der Waals surface area contributed by atoms with E-state index < -0.39 is 5.92 Å². The molecule has 0 rings (SSSR count). The van der Waals surface area contributed by atoms with Crippen LogP contribution in [0.1, 0.15) is 27.7 Å². The Bertz CT molecular complexity index is 166. The van der Waals surface area contributed by atoms with Crippen LogP contribution in [0.4, 0.5) is 0 Å². The van der Waals surface area contributed by atoms with Gasteiger partial charge in [0.25, 0.3) is 0 Å². The van der Waals surface area contributed by atoms with Gasteiger partial charge in [-0.05, 0) is 29.5 Å². The monoisotopic (exact) mass is 216 g/mol. The van der Waals surface area contributed by atoms with Gasteiger partial charge in [-0.15, -0.1) is 0 Å². The molecule has 0 aliphatic heterocycles. The van der Waals surface area contributed by atoms with Crippen molar-refractivity contribution in [3.8, 4) is 0 Å². The fourth-order valence-corrected chi connectivity index (χ4v) is 6.12. The van der Waals surface area contributed by atoms with Crippen molar-refractivity contribution >= 4 is 28.5 Å². The molecule has 0 aliphatic carbocycles. The molecule has 0 saturated heterocycles. The van der Waals surface area contributed by atoms with Crippen LogP contribution in [-0.2, 0) is 9.09 Å². The van der Waals surface area contributed by atoms with Crippen LogP contribution in [0, 0.1) is 0 Å². The maximum atomic E-state index is 11.3.